The van der Waals surface area contributed by atoms with E-state index in [1.165, 1.54) is 0 Å². The topological polar surface area (TPSA) is 111 Å². The summed E-state index contributed by atoms with van der Waals surface area (Å²) in [7, 11) is 0. The van der Waals surface area contributed by atoms with E-state index in [0.29, 0.717) is 44.6 Å². The van der Waals surface area contributed by atoms with E-state index in [1.807, 2.05) is 4.90 Å². The number of ether oxygens (including phenoxy) is 3. The van der Waals surface area contributed by atoms with E-state index >= 15 is 4.39 Å². The van der Waals surface area contributed by atoms with Crippen molar-refractivity contribution in [3.05, 3.63) is 28.8 Å². The smallest absolute Gasteiger partial charge is 0.417 e. The van der Waals surface area contributed by atoms with Crippen molar-refractivity contribution < 1.29 is 36.2 Å². The number of pyridine rings is 1. The average molecular weight is 622 g/mol. The fourth-order valence-electron chi connectivity index (χ4n) is 6.56. The summed E-state index contributed by atoms with van der Waals surface area (Å²) in [5, 5.41) is 3.51. The van der Waals surface area contributed by atoms with Crippen LogP contribution in [0.2, 0.25) is 0 Å². The van der Waals surface area contributed by atoms with Crippen LogP contribution in [0.15, 0.2) is 6.07 Å². The van der Waals surface area contributed by atoms with E-state index in [9.17, 15) is 17.6 Å². The Morgan fingerprint density at radius 3 is 2.75 bits per heavy atom. The lowest BCUT2D eigenvalue weighted by molar-refractivity contribution is -0.137. The number of fused-ring (bicyclic) bond motifs is 3. The Morgan fingerprint density at radius 1 is 1.14 bits per heavy atom. The van der Waals surface area contributed by atoms with Gasteiger partial charge in [0.1, 0.15) is 29.0 Å². The number of morpholine rings is 1. The largest absolute Gasteiger partial charge is 0.474 e. The van der Waals surface area contributed by atoms with Gasteiger partial charge in [0, 0.05) is 30.7 Å². The third-order valence-corrected chi connectivity index (χ3v) is 8.89. The van der Waals surface area contributed by atoms with Crippen LogP contribution in [0.25, 0.3) is 22.2 Å². The second-order valence-corrected chi connectivity index (χ2v) is 11.8. The van der Waals surface area contributed by atoms with Gasteiger partial charge in [-0.05, 0) is 44.7 Å². The van der Waals surface area contributed by atoms with Gasteiger partial charge in [0.15, 0.2) is 11.6 Å². The predicted octanol–water partition coefficient (Wildman–Crippen LogP) is 4.03. The number of anilines is 2. The number of hydrogen-bond acceptors (Lipinski definition) is 10. The second-order valence-electron chi connectivity index (χ2n) is 11.8. The summed E-state index contributed by atoms with van der Waals surface area (Å²) in [6.07, 6.45) is -3.15. The van der Waals surface area contributed by atoms with Gasteiger partial charge in [0.25, 0.3) is 0 Å². The molecule has 0 spiro atoms. The third-order valence-electron chi connectivity index (χ3n) is 8.89. The molecule has 0 aliphatic carbocycles. The molecular weight excluding hydrogens is 589 g/mol. The van der Waals surface area contributed by atoms with E-state index in [0.717, 1.165) is 32.4 Å². The van der Waals surface area contributed by atoms with Crippen molar-refractivity contribution in [1.82, 2.24) is 25.2 Å². The number of rotatable bonds is 4. The minimum Gasteiger partial charge on any atom is -0.474 e. The number of nitrogens with two attached hydrogens (primary N) is 1. The molecule has 0 bridgehead atoms. The molecule has 2 aromatic heterocycles. The Bertz CT molecular complexity index is 1620. The van der Waals surface area contributed by atoms with E-state index < -0.39 is 52.0 Å². The summed E-state index contributed by atoms with van der Waals surface area (Å²) < 4.78 is 91.9. The lowest BCUT2D eigenvalue weighted by Gasteiger charge is -2.33. The van der Waals surface area contributed by atoms with Crippen LogP contribution in [0.5, 0.6) is 11.9 Å². The Labute approximate surface area is 249 Å². The summed E-state index contributed by atoms with van der Waals surface area (Å²) in [4.78, 5) is 17.5. The molecule has 4 aliphatic heterocycles. The van der Waals surface area contributed by atoms with Gasteiger partial charge in [0.05, 0.1) is 43.3 Å². The maximum absolute atomic E-state index is 16.6. The molecular formula is C29H32F5N7O3. The van der Waals surface area contributed by atoms with Gasteiger partial charge in [-0.2, -0.15) is 23.1 Å². The molecule has 6 heterocycles. The zero-order chi connectivity index (χ0) is 30.9. The van der Waals surface area contributed by atoms with Crippen molar-refractivity contribution in [2.75, 3.05) is 50.1 Å². The first-order valence-corrected chi connectivity index (χ1v) is 14.7. The van der Waals surface area contributed by atoms with Crippen molar-refractivity contribution in [2.24, 2.45) is 0 Å². The highest BCUT2D eigenvalue weighted by Crippen LogP contribution is 2.46. The molecule has 3 aromatic rings. The van der Waals surface area contributed by atoms with Gasteiger partial charge in [-0.3, -0.25) is 10.2 Å². The fraction of sp³-hybridized carbons (Fsp3) is 0.552. The van der Waals surface area contributed by atoms with Crippen LogP contribution in [-0.4, -0.2) is 83.7 Å². The maximum Gasteiger partial charge on any atom is 0.417 e. The zero-order valence-electron chi connectivity index (χ0n) is 24.2. The van der Waals surface area contributed by atoms with Gasteiger partial charge in [0.2, 0.25) is 5.88 Å². The molecule has 3 fully saturated rings. The molecule has 15 heteroatoms. The number of aromatic nitrogens is 3. The van der Waals surface area contributed by atoms with Crippen molar-refractivity contribution in [1.29, 1.82) is 0 Å². The number of nitrogens with one attached hydrogen (secondary N) is 1. The van der Waals surface area contributed by atoms with Crippen LogP contribution in [0.3, 0.4) is 0 Å². The van der Waals surface area contributed by atoms with E-state index in [-0.39, 0.29) is 41.6 Å². The van der Waals surface area contributed by atoms with Gasteiger partial charge in [-0.1, -0.05) is 0 Å². The monoisotopic (exact) mass is 621 g/mol. The van der Waals surface area contributed by atoms with Crippen molar-refractivity contribution in [3.63, 3.8) is 0 Å². The van der Waals surface area contributed by atoms with Gasteiger partial charge in [-0.15, -0.1) is 0 Å². The zero-order valence-corrected chi connectivity index (χ0v) is 24.2. The quantitative estimate of drug-likeness (QED) is 0.252. The number of nitrogen functional groups attached to an aromatic ring is 1. The Balaban J connectivity index is 1.39. The Hall–Kier alpha value is -3.56. The van der Waals surface area contributed by atoms with E-state index in [4.69, 9.17) is 19.9 Å². The minimum atomic E-state index is -5.03. The molecule has 44 heavy (non-hydrogen) atoms. The minimum absolute atomic E-state index is 0.0813. The molecule has 10 nitrogen and oxygen atoms in total. The van der Waals surface area contributed by atoms with Gasteiger partial charge < -0.3 is 24.8 Å². The number of alkyl halides is 3. The lowest BCUT2D eigenvalue weighted by atomic mass is 9.96. The molecule has 0 saturated carbocycles. The van der Waals surface area contributed by atoms with E-state index in [1.54, 1.807) is 6.92 Å². The molecule has 0 amide bonds. The van der Waals surface area contributed by atoms with Crippen molar-refractivity contribution in [3.8, 4) is 23.1 Å². The third kappa shape index (κ3) is 5.04. The molecule has 1 aromatic carbocycles. The first-order valence-electron chi connectivity index (χ1n) is 14.7. The predicted molar refractivity (Wildman–Crippen MR) is 151 cm³/mol. The molecule has 236 valence electrons. The summed E-state index contributed by atoms with van der Waals surface area (Å²) in [5.41, 5.74) is 1.31. The number of hydrogen-bond donors (Lipinski definition) is 2. The van der Waals surface area contributed by atoms with Gasteiger partial charge >= 0.3 is 12.2 Å². The highest BCUT2D eigenvalue weighted by atomic mass is 19.4. The second kappa shape index (κ2) is 10.8. The van der Waals surface area contributed by atoms with Crippen LogP contribution >= 0.6 is 0 Å². The first-order chi connectivity index (χ1) is 21.0. The average Bonchev–Trinajstić information content (AvgIpc) is 3.63. The highest BCUT2D eigenvalue weighted by molar-refractivity contribution is 5.98. The highest BCUT2D eigenvalue weighted by Gasteiger charge is 2.42. The number of nitrogens with zero attached hydrogens (tertiary/aromatic N) is 5. The molecule has 4 atom stereocenters. The molecule has 7 rings (SSSR count). The van der Waals surface area contributed by atoms with Crippen LogP contribution in [0, 0.1) is 18.6 Å². The molecule has 0 radical (unpaired) electrons. The molecule has 3 saturated heterocycles. The standard InChI is InChI=1S/C29H32F5N7O3/c1-13-5-6-36-19-10-41(19)26-20-25(38-28(39-26)43-12-16-4-3-15-11-42-8-7-40(15)16)23(31)24(37-27(20)44-13)17-9-18(35)22(30)14(2)21(17)29(32,33)34/h9,13,15-16,19,36H,3-8,10-12,35H2,1-2H3/t13-,15-,16-,19+,41?/m0/s1. The maximum atomic E-state index is 16.6. The van der Waals surface area contributed by atoms with Gasteiger partial charge in [-0.25, -0.2) is 13.8 Å². The van der Waals surface area contributed by atoms with Crippen LogP contribution in [0.1, 0.15) is 37.3 Å². The SMILES string of the molecule is Cc1c(F)c(N)cc(-c2nc3c4c(nc(OC[C@@H]5CC[C@H]6COCCN65)nc4c2F)N2C[C@@H]2NCC[C@H](C)O3)c1C(F)(F)F. The van der Waals surface area contributed by atoms with Crippen LogP contribution < -0.4 is 25.4 Å². The number of halogens is 5. The van der Waals surface area contributed by atoms with E-state index in [2.05, 4.69) is 25.2 Å². The Kier molecular flexibility index (Phi) is 7.16. The van der Waals surface area contributed by atoms with Crippen molar-refractivity contribution in [2.45, 2.75) is 63.6 Å². The van der Waals surface area contributed by atoms with Crippen LogP contribution in [-0.2, 0) is 10.9 Å². The summed E-state index contributed by atoms with van der Waals surface area (Å²) in [6.45, 7) is 6.19. The number of benzene rings is 1. The van der Waals surface area contributed by atoms with Crippen molar-refractivity contribution >= 4 is 22.4 Å². The summed E-state index contributed by atoms with van der Waals surface area (Å²) in [6, 6.07) is 1.03. The van der Waals surface area contributed by atoms with Crippen LogP contribution in [0.4, 0.5) is 33.5 Å². The lowest BCUT2D eigenvalue weighted by Crippen LogP contribution is -2.46. The molecule has 0 unspecified atom stereocenters. The molecule has 4 aliphatic rings. The Morgan fingerprint density at radius 2 is 1.95 bits per heavy atom. The summed E-state index contributed by atoms with van der Waals surface area (Å²) in [5.74, 6) is -2.21. The first kappa shape index (κ1) is 29.2. The fourth-order valence-corrected chi connectivity index (χ4v) is 6.56. The summed E-state index contributed by atoms with van der Waals surface area (Å²) >= 11 is 0. The normalized spacial score (nSPS) is 25.4. The molecule has 3 N–H and O–H groups in total.